The van der Waals surface area contributed by atoms with Crippen LogP contribution in [-0.2, 0) is 4.79 Å². The first-order chi connectivity index (χ1) is 13.2. The van der Waals surface area contributed by atoms with Crippen molar-refractivity contribution in [3.8, 4) is 6.07 Å². The molecule has 1 saturated heterocycles. The van der Waals surface area contributed by atoms with Gasteiger partial charge in [-0.3, -0.25) is 9.69 Å². The van der Waals surface area contributed by atoms with E-state index in [1.165, 1.54) is 9.71 Å². The maximum atomic E-state index is 12.3. The smallest absolute Gasteiger partial charge is 0.238 e. The third-order valence-corrected chi connectivity index (χ3v) is 6.09. The van der Waals surface area contributed by atoms with Crippen LogP contribution >= 0.6 is 11.3 Å². The standard InChI is InChI=1S/C21H20N4OS/c22-13-15-4-3-5-17(12-15)23-20(26)14-25-10-8-16(9-11-25)21-24-18-6-1-2-7-19(18)27-21/h1-7,12,16H,8-11,14H2,(H,23,26). The van der Waals surface area contributed by atoms with Gasteiger partial charge in [0.05, 0.1) is 33.4 Å². The molecule has 0 bridgehead atoms. The highest BCUT2D eigenvalue weighted by Gasteiger charge is 2.24. The third kappa shape index (κ3) is 4.16. The van der Waals surface area contributed by atoms with Crippen molar-refractivity contribution in [3.05, 3.63) is 59.1 Å². The van der Waals surface area contributed by atoms with Crippen molar-refractivity contribution in [2.24, 2.45) is 0 Å². The Morgan fingerprint density at radius 2 is 2.04 bits per heavy atom. The van der Waals surface area contributed by atoms with Crippen LogP contribution in [0.25, 0.3) is 10.2 Å². The highest BCUT2D eigenvalue weighted by Crippen LogP contribution is 2.33. The monoisotopic (exact) mass is 376 g/mol. The molecule has 1 N–H and O–H groups in total. The largest absolute Gasteiger partial charge is 0.325 e. The maximum absolute atomic E-state index is 12.3. The van der Waals surface area contributed by atoms with Gasteiger partial charge < -0.3 is 5.32 Å². The Morgan fingerprint density at radius 3 is 2.81 bits per heavy atom. The molecule has 1 fully saturated rings. The minimum Gasteiger partial charge on any atom is -0.325 e. The van der Waals surface area contributed by atoms with Crippen LogP contribution < -0.4 is 5.32 Å². The van der Waals surface area contributed by atoms with Gasteiger partial charge >= 0.3 is 0 Å². The molecule has 1 aliphatic heterocycles. The number of anilines is 1. The molecule has 0 unspecified atom stereocenters. The van der Waals surface area contributed by atoms with E-state index in [0.29, 0.717) is 23.7 Å². The Balaban J connectivity index is 1.31. The van der Waals surface area contributed by atoms with Crippen molar-refractivity contribution < 1.29 is 4.79 Å². The van der Waals surface area contributed by atoms with Crippen molar-refractivity contribution in [2.75, 3.05) is 25.0 Å². The number of amides is 1. The van der Waals surface area contributed by atoms with Gasteiger partial charge in [0.25, 0.3) is 0 Å². The number of benzene rings is 2. The summed E-state index contributed by atoms with van der Waals surface area (Å²) in [7, 11) is 0. The molecule has 0 aliphatic carbocycles. The number of carbonyl (C=O) groups excluding carboxylic acids is 1. The Bertz CT molecular complexity index is 966. The number of thiazole rings is 1. The average Bonchev–Trinajstić information content (AvgIpc) is 3.13. The predicted molar refractivity (Wildman–Crippen MR) is 108 cm³/mol. The van der Waals surface area contributed by atoms with Crippen molar-refractivity contribution in [3.63, 3.8) is 0 Å². The number of nitriles is 1. The Morgan fingerprint density at radius 1 is 1.22 bits per heavy atom. The molecule has 4 rings (SSSR count). The molecule has 5 nitrogen and oxygen atoms in total. The normalized spacial score (nSPS) is 15.5. The van der Waals surface area contributed by atoms with Gasteiger partial charge in [0.1, 0.15) is 0 Å². The minimum absolute atomic E-state index is 0.0384. The van der Waals surface area contributed by atoms with Gasteiger partial charge in [0, 0.05) is 11.6 Å². The first-order valence-electron chi connectivity index (χ1n) is 9.09. The number of nitrogens with zero attached hydrogens (tertiary/aromatic N) is 3. The maximum Gasteiger partial charge on any atom is 0.238 e. The van der Waals surface area contributed by atoms with Crippen LogP contribution in [-0.4, -0.2) is 35.4 Å². The van der Waals surface area contributed by atoms with E-state index in [1.54, 1.807) is 35.6 Å². The summed E-state index contributed by atoms with van der Waals surface area (Å²) < 4.78 is 1.24. The lowest BCUT2D eigenvalue weighted by atomic mass is 9.97. The summed E-state index contributed by atoms with van der Waals surface area (Å²) in [5.41, 5.74) is 2.30. The molecular weight excluding hydrogens is 356 g/mol. The molecule has 0 atom stereocenters. The van der Waals surface area contributed by atoms with E-state index >= 15 is 0 Å². The molecule has 1 amide bonds. The average molecular weight is 376 g/mol. The summed E-state index contributed by atoms with van der Waals surface area (Å²) in [6, 6.07) is 17.3. The fourth-order valence-corrected chi connectivity index (χ4v) is 4.61. The zero-order chi connectivity index (χ0) is 18.6. The van der Waals surface area contributed by atoms with Crippen LogP contribution in [0, 0.1) is 11.3 Å². The van der Waals surface area contributed by atoms with Crippen molar-refractivity contribution >= 4 is 33.1 Å². The number of aromatic nitrogens is 1. The van der Waals surface area contributed by atoms with E-state index in [0.717, 1.165) is 31.4 Å². The molecule has 136 valence electrons. The van der Waals surface area contributed by atoms with Gasteiger partial charge in [0.2, 0.25) is 5.91 Å². The lowest BCUT2D eigenvalue weighted by molar-refractivity contribution is -0.117. The fraction of sp³-hybridized carbons (Fsp3) is 0.286. The van der Waals surface area contributed by atoms with E-state index < -0.39 is 0 Å². The number of hydrogen-bond acceptors (Lipinski definition) is 5. The second-order valence-corrected chi connectivity index (χ2v) is 7.87. The number of likely N-dealkylation sites (tertiary alicyclic amines) is 1. The Hall–Kier alpha value is -2.75. The number of para-hydroxylation sites is 1. The summed E-state index contributed by atoms with van der Waals surface area (Å²) in [5.74, 6) is 0.442. The SMILES string of the molecule is N#Cc1cccc(NC(=O)CN2CCC(c3nc4ccccc4s3)CC2)c1. The topological polar surface area (TPSA) is 69.0 Å². The first-order valence-corrected chi connectivity index (χ1v) is 9.91. The summed E-state index contributed by atoms with van der Waals surface area (Å²) in [6.07, 6.45) is 2.05. The Labute approximate surface area is 162 Å². The van der Waals surface area contributed by atoms with Gasteiger partial charge in [-0.05, 0) is 56.3 Å². The molecule has 0 radical (unpaired) electrons. The summed E-state index contributed by atoms with van der Waals surface area (Å²) in [6.45, 7) is 2.17. The first kappa shape index (κ1) is 17.7. The molecule has 3 aromatic rings. The second-order valence-electron chi connectivity index (χ2n) is 6.81. The van der Waals surface area contributed by atoms with Gasteiger partial charge in [-0.1, -0.05) is 18.2 Å². The van der Waals surface area contributed by atoms with Crippen LogP contribution in [0.5, 0.6) is 0 Å². The van der Waals surface area contributed by atoms with Crippen molar-refractivity contribution in [1.29, 1.82) is 5.26 Å². The molecule has 6 heteroatoms. The molecule has 2 aromatic carbocycles. The summed E-state index contributed by atoms with van der Waals surface area (Å²) in [5, 5.41) is 13.0. The number of fused-ring (bicyclic) bond motifs is 1. The highest BCUT2D eigenvalue weighted by atomic mass is 32.1. The number of carbonyl (C=O) groups is 1. The van der Waals surface area contributed by atoms with Gasteiger partial charge in [0.15, 0.2) is 0 Å². The summed E-state index contributed by atoms with van der Waals surface area (Å²) >= 11 is 1.79. The van der Waals surface area contributed by atoms with Crippen molar-refractivity contribution in [2.45, 2.75) is 18.8 Å². The molecule has 27 heavy (non-hydrogen) atoms. The van der Waals surface area contributed by atoms with Crippen molar-refractivity contribution in [1.82, 2.24) is 9.88 Å². The van der Waals surface area contributed by atoms with Gasteiger partial charge in [-0.25, -0.2) is 4.98 Å². The van der Waals surface area contributed by atoms with Crippen LogP contribution in [0.2, 0.25) is 0 Å². The molecule has 0 spiro atoms. The quantitative estimate of drug-likeness (QED) is 0.748. The van der Waals surface area contributed by atoms with Gasteiger partial charge in [-0.15, -0.1) is 11.3 Å². The molecule has 0 saturated carbocycles. The zero-order valence-corrected chi connectivity index (χ0v) is 15.7. The van der Waals surface area contributed by atoms with E-state index in [4.69, 9.17) is 10.2 Å². The van der Waals surface area contributed by atoms with Crippen LogP contribution in [0.15, 0.2) is 48.5 Å². The van der Waals surface area contributed by atoms with E-state index in [-0.39, 0.29) is 5.91 Å². The van der Waals surface area contributed by atoms with E-state index in [2.05, 4.69) is 34.5 Å². The van der Waals surface area contributed by atoms with E-state index in [9.17, 15) is 4.79 Å². The molecule has 1 aliphatic rings. The highest BCUT2D eigenvalue weighted by molar-refractivity contribution is 7.18. The predicted octanol–water partition coefficient (Wildman–Crippen LogP) is 3.99. The van der Waals surface area contributed by atoms with Crippen LogP contribution in [0.4, 0.5) is 5.69 Å². The second kappa shape index (κ2) is 7.87. The fourth-order valence-electron chi connectivity index (χ4n) is 3.47. The molecule has 2 heterocycles. The molecule has 1 aromatic heterocycles. The van der Waals surface area contributed by atoms with Gasteiger partial charge in [-0.2, -0.15) is 5.26 Å². The lowest BCUT2D eigenvalue weighted by Crippen LogP contribution is -2.38. The zero-order valence-electron chi connectivity index (χ0n) is 14.9. The third-order valence-electron chi connectivity index (χ3n) is 4.89. The van der Waals surface area contributed by atoms with Crippen LogP contribution in [0.3, 0.4) is 0 Å². The Kier molecular flexibility index (Phi) is 5.14. The van der Waals surface area contributed by atoms with Crippen LogP contribution in [0.1, 0.15) is 29.3 Å². The molecular formula is C21H20N4OS. The minimum atomic E-state index is -0.0384. The van der Waals surface area contributed by atoms with E-state index in [1.807, 2.05) is 6.07 Å². The lowest BCUT2D eigenvalue weighted by Gasteiger charge is -2.30. The number of rotatable bonds is 4. The number of hydrogen-bond donors (Lipinski definition) is 1. The number of piperidine rings is 1. The summed E-state index contributed by atoms with van der Waals surface area (Å²) in [4.78, 5) is 19.3. The number of nitrogens with one attached hydrogen (secondary N) is 1.